The predicted molar refractivity (Wildman–Crippen MR) is 29.2 cm³/mol. The van der Waals surface area contributed by atoms with Gasteiger partial charge in [0.15, 0.2) is 0 Å². The smallest absolute Gasteiger partial charge is 0.0949 e. The lowest BCUT2D eigenvalue weighted by molar-refractivity contribution is 0.0665. The molecule has 0 saturated heterocycles. The highest BCUT2D eigenvalue weighted by atomic mass is 16.3. The number of aliphatic hydroxyl groups excluding tert-OH is 2. The molecule has 1 saturated carbocycles. The van der Waals surface area contributed by atoms with Gasteiger partial charge in [-0.05, 0) is 12.8 Å². The van der Waals surface area contributed by atoms with Gasteiger partial charge in [-0.1, -0.05) is 0 Å². The predicted octanol–water partition coefficient (Wildman–Crippen LogP) is -1.17. The molecular formula is C5H11NO2. The van der Waals surface area contributed by atoms with Crippen LogP contribution in [0.5, 0.6) is 0 Å². The van der Waals surface area contributed by atoms with Crippen LogP contribution in [0.25, 0.3) is 0 Å². The van der Waals surface area contributed by atoms with Crippen molar-refractivity contribution in [2.45, 2.75) is 24.5 Å². The fourth-order valence-electron chi connectivity index (χ4n) is 0.659. The minimum Gasteiger partial charge on any atom is -0.394 e. The van der Waals surface area contributed by atoms with Crippen molar-refractivity contribution in [3.63, 3.8) is 0 Å². The van der Waals surface area contributed by atoms with Gasteiger partial charge in [-0.2, -0.15) is 0 Å². The van der Waals surface area contributed by atoms with Gasteiger partial charge in [0.1, 0.15) is 0 Å². The number of hydrogen-bond acceptors (Lipinski definition) is 3. The Morgan fingerprint density at radius 2 is 2.12 bits per heavy atom. The van der Waals surface area contributed by atoms with Crippen LogP contribution in [0.3, 0.4) is 0 Å². The number of aliphatic hydroxyl groups is 2. The largest absolute Gasteiger partial charge is 0.394 e. The third-order valence-electron chi connectivity index (χ3n) is 1.66. The van der Waals surface area contributed by atoms with E-state index in [9.17, 15) is 0 Å². The minimum atomic E-state index is -0.706. The Morgan fingerprint density at radius 1 is 1.62 bits per heavy atom. The Labute approximate surface area is 48.1 Å². The van der Waals surface area contributed by atoms with Crippen LogP contribution in [0.2, 0.25) is 0 Å². The van der Waals surface area contributed by atoms with E-state index in [1.54, 1.807) is 0 Å². The quantitative estimate of drug-likeness (QED) is 0.427. The first kappa shape index (κ1) is 6.01. The van der Waals surface area contributed by atoms with Crippen molar-refractivity contribution >= 4 is 0 Å². The molecule has 48 valence electrons. The van der Waals surface area contributed by atoms with Gasteiger partial charge < -0.3 is 15.9 Å². The monoisotopic (exact) mass is 117 g/mol. The fourth-order valence-corrected chi connectivity index (χ4v) is 0.659. The van der Waals surface area contributed by atoms with Crippen molar-refractivity contribution in [1.82, 2.24) is 0 Å². The highest BCUT2D eigenvalue weighted by Crippen LogP contribution is 2.35. The maximum Gasteiger partial charge on any atom is 0.0949 e. The van der Waals surface area contributed by atoms with E-state index in [0.717, 1.165) is 12.8 Å². The first-order valence-electron chi connectivity index (χ1n) is 2.77. The third-order valence-corrected chi connectivity index (χ3v) is 1.66. The Balaban J connectivity index is 2.34. The van der Waals surface area contributed by atoms with E-state index in [4.69, 9.17) is 15.9 Å². The SMILES string of the molecule is NC1(C(O)CO)CC1. The average Bonchev–Trinajstić information content (AvgIpc) is 2.47. The molecule has 0 amide bonds. The molecular weight excluding hydrogens is 106 g/mol. The summed E-state index contributed by atoms with van der Waals surface area (Å²) >= 11 is 0. The van der Waals surface area contributed by atoms with Gasteiger partial charge in [0.2, 0.25) is 0 Å². The van der Waals surface area contributed by atoms with Crippen molar-refractivity contribution in [3.05, 3.63) is 0 Å². The summed E-state index contributed by atoms with van der Waals surface area (Å²) in [6.07, 6.45) is 0.978. The molecule has 1 rings (SSSR count). The molecule has 8 heavy (non-hydrogen) atoms. The Morgan fingerprint density at radius 3 is 2.25 bits per heavy atom. The molecule has 0 aromatic rings. The van der Waals surface area contributed by atoms with Crippen LogP contribution in [0, 0.1) is 0 Å². The zero-order chi connectivity index (χ0) is 6.20. The first-order chi connectivity index (χ1) is 3.69. The van der Waals surface area contributed by atoms with E-state index in [2.05, 4.69) is 0 Å². The van der Waals surface area contributed by atoms with Gasteiger partial charge in [-0.3, -0.25) is 0 Å². The normalized spacial score (nSPS) is 27.4. The molecule has 0 radical (unpaired) electrons. The highest BCUT2D eigenvalue weighted by Gasteiger charge is 2.44. The summed E-state index contributed by atoms with van der Waals surface area (Å²) in [6, 6.07) is 0. The fraction of sp³-hybridized carbons (Fsp3) is 1.00. The van der Waals surface area contributed by atoms with E-state index in [-0.39, 0.29) is 6.61 Å². The van der Waals surface area contributed by atoms with Crippen LogP contribution in [0.4, 0.5) is 0 Å². The topological polar surface area (TPSA) is 66.5 Å². The highest BCUT2D eigenvalue weighted by molar-refractivity contribution is 5.04. The molecule has 1 aliphatic rings. The molecule has 3 nitrogen and oxygen atoms in total. The van der Waals surface area contributed by atoms with Crippen LogP contribution < -0.4 is 5.73 Å². The van der Waals surface area contributed by atoms with E-state index >= 15 is 0 Å². The Kier molecular flexibility index (Phi) is 1.27. The number of hydrogen-bond donors (Lipinski definition) is 3. The van der Waals surface area contributed by atoms with Crippen LogP contribution in [0.15, 0.2) is 0 Å². The molecule has 0 heterocycles. The summed E-state index contributed by atoms with van der Waals surface area (Å²) in [5, 5.41) is 17.3. The maximum absolute atomic E-state index is 8.88. The maximum atomic E-state index is 8.88. The molecule has 0 spiro atoms. The van der Waals surface area contributed by atoms with Crippen molar-refractivity contribution < 1.29 is 10.2 Å². The molecule has 3 heteroatoms. The zero-order valence-electron chi connectivity index (χ0n) is 4.67. The molecule has 0 aromatic carbocycles. The van der Waals surface area contributed by atoms with Crippen molar-refractivity contribution in [2.75, 3.05) is 6.61 Å². The third kappa shape index (κ3) is 0.844. The second kappa shape index (κ2) is 1.69. The van der Waals surface area contributed by atoms with Crippen LogP contribution in [-0.4, -0.2) is 28.5 Å². The van der Waals surface area contributed by atoms with Gasteiger partial charge >= 0.3 is 0 Å². The van der Waals surface area contributed by atoms with E-state index in [1.807, 2.05) is 0 Å². The van der Waals surface area contributed by atoms with Crippen molar-refractivity contribution in [2.24, 2.45) is 5.73 Å². The average molecular weight is 117 g/mol. The van der Waals surface area contributed by atoms with E-state index in [1.165, 1.54) is 0 Å². The second-order valence-corrected chi connectivity index (χ2v) is 2.43. The van der Waals surface area contributed by atoms with Gasteiger partial charge in [-0.25, -0.2) is 0 Å². The summed E-state index contributed by atoms with van der Waals surface area (Å²) in [6.45, 7) is -0.212. The molecule has 4 N–H and O–H groups in total. The van der Waals surface area contributed by atoms with Gasteiger partial charge in [0.25, 0.3) is 0 Å². The van der Waals surface area contributed by atoms with Gasteiger partial charge in [0.05, 0.1) is 12.7 Å². The van der Waals surface area contributed by atoms with Crippen LogP contribution in [0.1, 0.15) is 12.8 Å². The van der Waals surface area contributed by atoms with E-state index < -0.39 is 11.6 Å². The standard InChI is InChI=1S/C5H11NO2/c6-5(1-2-5)4(8)3-7/h4,7-8H,1-3,6H2. The molecule has 1 unspecified atom stereocenters. The van der Waals surface area contributed by atoms with Crippen molar-refractivity contribution in [3.8, 4) is 0 Å². The lowest BCUT2D eigenvalue weighted by atomic mass is 10.1. The minimum absolute atomic E-state index is 0.212. The summed E-state index contributed by atoms with van der Waals surface area (Å²) in [4.78, 5) is 0. The van der Waals surface area contributed by atoms with Crippen LogP contribution >= 0.6 is 0 Å². The Bertz CT molecular complexity index is 90.4. The molecule has 0 aromatic heterocycles. The number of nitrogens with two attached hydrogens (primary N) is 1. The first-order valence-corrected chi connectivity index (χ1v) is 2.77. The van der Waals surface area contributed by atoms with Crippen LogP contribution in [-0.2, 0) is 0 Å². The lowest BCUT2D eigenvalue weighted by Crippen LogP contribution is -2.39. The molecule has 1 aliphatic carbocycles. The van der Waals surface area contributed by atoms with E-state index in [0.29, 0.717) is 0 Å². The molecule has 0 bridgehead atoms. The molecule has 1 atom stereocenters. The summed E-state index contributed by atoms with van der Waals surface area (Å²) in [7, 11) is 0. The zero-order valence-corrected chi connectivity index (χ0v) is 4.67. The summed E-state index contributed by atoms with van der Waals surface area (Å²) < 4.78 is 0. The number of rotatable bonds is 2. The lowest BCUT2D eigenvalue weighted by Gasteiger charge is -2.13. The summed E-state index contributed by atoms with van der Waals surface area (Å²) in [5.74, 6) is 0. The van der Waals surface area contributed by atoms with Gasteiger partial charge in [0, 0.05) is 5.54 Å². The molecule has 0 aliphatic heterocycles. The Hall–Kier alpha value is -0.120. The van der Waals surface area contributed by atoms with Gasteiger partial charge in [-0.15, -0.1) is 0 Å². The second-order valence-electron chi connectivity index (χ2n) is 2.43. The van der Waals surface area contributed by atoms with Crippen molar-refractivity contribution in [1.29, 1.82) is 0 Å². The molecule has 1 fully saturated rings. The summed E-state index contributed by atoms with van der Waals surface area (Å²) in [5.41, 5.74) is 5.05.